The van der Waals surface area contributed by atoms with Gasteiger partial charge < -0.3 is 4.42 Å². The molecular formula is C46H31N3O. The summed E-state index contributed by atoms with van der Waals surface area (Å²) in [5.41, 5.74) is 12.3. The number of hydrogen-bond acceptors (Lipinski definition) is 4. The van der Waals surface area contributed by atoms with Gasteiger partial charge in [-0.2, -0.15) is 0 Å². The predicted molar refractivity (Wildman–Crippen MR) is 204 cm³/mol. The zero-order valence-electron chi connectivity index (χ0n) is 27.4. The number of furan rings is 1. The predicted octanol–water partition coefficient (Wildman–Crippen LogP) is 12.1. The van der Waals surface area contributed by atoms with E-state index in [1.165, 1.54) is 5.56 Å². The van der Waals surface area contributed by atoms with Gasteiger partial charge in [-0.05, 0) is 76.7 Å². The molecule has 0 aliphatic carbocycles. The van der Waals surface area contributed by atoms with Crippen molar-refractivity contribution in [2.24, 2.45) is 0 Å². The van der Waals surface area contributed by atoms with Gasteiger partial charge in [0, 0.05) is 27.5 Å². The fourth-order valence-corrected chi connectivity index (χ4v) is 6.64. The number of aryl methyl sites for hydroxylation is 1. The summed E-state index contributed by atoms with van der Waals surface area (Å²) in [5, 5.41) is 2.15. The van der Waals surface area contributed by atoms with Crippen LogP contribution in [0.1, 0.15) is 5.56 Å². The molecule has 236 valence electrons. The fourth-order valence-electron chi connectivity index (χ4n) is 6.64. The number of rotatable bonds is 6. The van der Waals surface area contributed by atoms with Crippen LogP contribution in [0, 0.1) is 6.92 Å². The summed E-state index contributed by atoms with van der Waals surface area (Å²) in [5.74, 6) is 1.81. The van der Waals surface area contributed by atoms with E-state index in [2.05, 4.69) is 122 Å². The van der Waals surface area contributed by atoms with Crippen LogP contribution < -0.4 is 0 Å². The van der Waals surface area contributed by atoms with E-state index in [-0.39, 0.29) is 0 Å². The summed E-state index contributed by atoms with van der Waals surface area (Å²) in [4.78, 5) is 15.3. The van der Waals surface area contributed by atoms with Crippen LogP contribution in [0.15, 0.2) is 174 Å². The van der Waals surface area contributed by atoms with Crippen molar-refractivity contribution >= 4 is 21.9 Å². The lowest BCUT2D eigenvalue weighted by atomic mass is 9.95. The molecule has 0 aliphatic rings. The molecule has 0 unspecified atom stereocenters. The smallest absolute Gasteiger partial charge is 0.164 e. The van der Waals surface area contributed by atoms with Crippen molar-refractivity contribution in [3.8, 4) is 67.5 Å². The number of aromatic nitrogens is 3. The highest BCUT2D eigenvalue weighted by Gasteiger charge is 2.17. The normalized spacial score (nSPS) is 11.3. The maximum Gasteiger partial charge on any atom is 0.164 e. The molecule has 50 heavy (non-hydrogen) atoms. The van der Waals surface area contributed by atoms with Crippen LogP contribution in [0.4, 0.5) is 0 Å². The summed E-state index contributed by atoms with van der Waals surface area (Å²) in [6.45, 7) is 2.11. The summed E-state index contributed by atoms with van der Waals surface area (Å²) in [6.07, 6.45) is 0. The molecule has 0 bridgehead atoms. The first kappa shape index (κ1) is 29.5. The van der Waals surface area contributed by atoms with E-state index in [0.717, 1.165) is 72.0 Å². The minimum Gasteiger partial charge on any atom is -0.456 e. The van der Waals surface area contributed by atoms with Gasteiger partial charge in [0.1, 0.15) is 11.2 Å². The maximum atomic E-state index is 6.47. The van der Waals surface area contributed by atoms with Crippen molar-refractivity contribution in [1.29, 1.82) is 0 Å². The first-order valence-corrected chi connectivity index (χ1v) is 16.8. The van der Waals surface area contributed by atoms with Crippen LogP contribution in [0.25, 0.3) is 89.5 Å². The molecule has 2 aromatic heterocycles. The molecule has 0 fully saturated rings. The molecule has 0 saturated heterocycles. The first-order chi connectivity index (χ1) is 24.7. The monoisotopic (exact) mass is 641 g/mol. The fraction of sp³-hybridized carbons (Fsp3) is 0.0217. The molecule has 0 amide bonds. The van der Waals surface area contributed by atoms with E-state index in [1.807, 2.05) is 54.6 Å². The molecule has 0 N–H and O–H groups in total. The van der Waals surface area contributed by atoms with Gasteiger partial charge in [0.15, 0.2) is 17.5 Å². The van der Waals surface area contributed by atoms with Crippen molar-refractivity contribution in [3.63, 3.8) is 0 Å². The van der Waals surface area contributed by atoms with E-state index in [1.54, 1.807) is 0 Å². The summed E-state index contributed by atoms with van der Waals surface area (Å²) < 4.78 is 6.47. The Morgan fingerprint density at radius 2 is 0.880 bits per heavy atom. The number of hydrogen-bond donors (Lipinski definition) is 0. The number of benzene rings is 7. The molecule has 0 atom stereocenters. The van der Waals surface area contributed by atoms with Gasteiger partial charge in [0.25, 0.3) is 0 Å². The highest BCUT2D eigenvalue weighted by Crippen LogP contribution is 2.39. The van der Waals surface area contributed by atoms with Crippen LogP contribution in [-0.2, 0) is 0 Å². The highest BCUT2D eigenvalue weighted by atomic mass is 16.3. The van der Waals surface area contributed by atoms with Crippen LogP contribution in [0.3, 0.4) is 0 Å². The number of nitrogens with zero attached hydrogens (tertiary/aromatic N) is 3. The average molecular weight is 642 g/mol. The van der Waals surface area contributed by atoms with Crippen LogP contribution >= 0.6 is 0 Å². The Labute approximate surface area is 290 Å². The minimum absolute atomic E-state index is 0.585. The molecule has 2 heterocycles. The third-order valence-corrected chi connectivity index (χ3v) is 9.19. The van der Waals surface area contributed by atoms with Crippen molar-refractivity contribution in [3.05, 3.63) is 175 Å². The van der Waals surface area contributed by atoms with E-state index >= 15 is 0 Å². The van der Waals surface area contributed by atoms with Crippen LogP contribution in [-0.4, -0.2) is 15.0 Å². The Hall–Kier alpha value is -6.65. The summed E-state index contributed by atoms with van der Waals surface area (Å²) >= 11 is 0. The zero-order valence-corrected chi connectivity index (χ0v) is 27.4. The Morgan fingerprint density at radius 3 is 1.54 bits per heavy atom. The topological polar surface area (TPSA) is 51.8 Å². The van der Waals surface area contributed by atoms with Gasteiger partial charge >= 0.3 is 0 Å². The first-order valence-electron chi connectivity index (χ1n) is 16.8. The Balaban J connectivity index is 1.23. The second kappa shape index (κ2) is 12.4. The Kier molecular flexibility index (Phi) is 7.33. The molecule has 0 radical (unpaired) electrons. The van der Waals surface area contributed by atoms with Gasteiger partial charge in [0.2, 0.25) is 0 Å². The lowest BCUT2D eigenvalue weighted by Crippen LogP contribution is -2.00. The highest BCUT2D eigenvalue weighted by molar-refractivity contribution is 6.13. The SMILES string of the molecule is Cc1ccc(-c2cc(-c3ccccc3)cc(-c3nc(-c4ccccc4)nc(-c4ccc5c(c4)oc4cccc(-c6ccccc6)c45)n3)c2)cc1. The van der Waals surface area contributed by atoms with E-state index in [4.69, 9.17) is 19.4 Å². The summed E-state index contributed by atoms with van der Waals surface area (Å²) in [7, 11) is 0. The Morgan fingerprint density at radius 1 is 0.360 bits per heavy atom. The van der Waals surface area contributed by atoms with Crippen molar-refractivity contribution in [2.45, 2.75) is 6.92 Å². The van der Waals surface area contributed by atoms with Crippen molar-refractivity contribution in [1.82, 2.24) is 15.0 Å². The van der Waals surface area contributed by atoms with E-state index in [9.17, 15) is 0 Å². The van der Waals surface area contributed by atoms with Crippen LogP contribution in [0.5, 0.6) is 0 Å². The standard InChI is InChI=1S/C46H31N3O/c1-30-20-22-32(23-21-30)37-26-36(31-12-5-2-6-13-31)27-38(28-37)46-48-44(34-16-9-4-10-17-34)47-45(49-46)35-24-25-40-42(29-35)50-41-19-11-18-39(43(40)41)33-14-7-3-8-15-33/h2-29H,1H3. The second-order valence-electron chi connectivity index (χ2n) is 12.6. The molecule has 4 heteroatoms. The third-order valence-electron chi connectivity index (χ3n) is 9.19. The largest absolute Gasteiger partial charge is 0.456 e. The molecule has 9 aromatic rings. The molecule has 0 aliphatic heterocycles. The van der Waals surface area contributed by atoms with Gasteiger partial charge in [-0.25, -0.2) is 15.0 Å². The van der Waals surface area contributed by atoms with Gasteiger partial charge in [-0.1, -0.05) is 139 Å². The van der Waals surface area contributed by atoms with Gasteiger partial charge in [-0.3, -0.25) is 0 Å². The maximum absolute atomic E-state index is 6.47. The second-order valence-corrected chi connectivity index (χ2v) is 12.6. The molecular weight excluding hydrogens is 611 g/mol. The lowest BCUT2D eigenvalue weighted by Gasteiger charge is -2.12. The molecule has 4 nitrogen and oxygen atoms in total. The molecule has 7 aromatic carbocycles. The Bertz CT molecular complexity index is 2630. The third kappa shape index (κ3) is 5.53. The van der Waals surface area contributed by atoms with Gasteiger partial charge in [0.05, 0.1) is 0 Å². The lowest BCUT2D eigenvalue weighted by molar-refractivity contribution is 0.669. The van der Waals surface area contributed by atoms with Crippen molar-refractivity contribution < 1.29 is 4.42 Å². The average Bonchev–Trinajstić information content (AvgIpc) is 3.57. The van der Waals surface area contributed by atoms with Crippen molar-refractivity contribution in [2.75, 3.05) is 0 Å². The molecule has 9 rings (SSSR count). The number of fused-ring (bicyclic) bond motifs is 3. The van der Waals surface area contributed by atoms with Crippen LogP contribution in [0.2, 0.25) is 0 Å². The zero-order chi connectivity index (χ0) is 33.4. The molecule has 0 spiro atoms. The molecule has 0 saturated carbocycles. The quantitative estimate of drug-likeness (QED) is 0.181. The minimum atomic E-state index is 0.585. The summed E-state index contributed by atoms with van der Waals surface area (Å²) in [6, 6.07) is 58.7. The van der Waals surface area contributed by atoms with E-state index < -0.39 is 0 Å². The van der Waals surface area contributed by atoms with Gasteiger partial charge in [-0.15, -0.1) is 0 Å². The van der Waals surface area contributed by atoms with E-state index in [0.29, 0.717) is 17.5 Å².